The number of nitrogens with zero attached hydrogens (tertiary/aromatic N) is 2. The number of piperidine rings is 1. The molecule has 4 aromatic rings. The topological polar surface area (TPSA) is 45.2 Å². The van der Waals surface area contributed by atoms with Crippen molar-refractivity contribution in [1.82, 2.24) is 15.2 Å². The summed E-state index contributed by atoms with van der Waals surface area (Å²) in [6.45, 7) is 7.94. The maximum atomic E-state index is 13.8. The molecule has 1 aliphatic rings. The number of rotatable bonds is 6. The third-order valence-electron chi connectivity index (χ3n) is 7.60. The molecule has 2 unspecified atom stereocenters. The Morgan fingerprint density at radius 1 is 1.00 bits per heavy atom. The molecule has 2 heterocycles. The van der Waals surface area contributed by atoms with Crippen LogP contribution in [0.3, 0.4) is 0 Å². The van der Waals surface area contributed by atoms with E-state index in [1.807, 2.05) is 24.4 Å². The quantitative estimate of drug-likeness (QED) is 0.349. The molecule has 1 aromatic heterocycles. The van der Waals surface area contributed by atoms with Gasteiger partial charge in [0.05, 0.1) is 5.52 Å². The molecule has 1 amide bonds. The largest absolute Gasteiger partial charge is 0.335 e. The number of likely N-dealkylation sites (tertiary alicyclic amines) is 1. The molecule has 1 fully saturated rings. The zero-order valence-corrected chi connectivity index (χ0v) is 21.4. The number of carbonyl (C=O) groups is 1. The van der Waals surface area contributed by atoms with Crippen molar-refractivity contribution >= 4 is 16.8 Å². The number of aryl methyl sites for hydroxylation is 2. The lowest BCUT2D eigenvalue weighted by Gasteiger charge is -2.43. The average Bonchev–Trinajstić information content (AvgIpc) is 2.91. The van der Waals surface area contributed by atoms with Crippen molar-refractivity contribution in [2.24, 2.45) is 0 Å². The smallest absolute Gasteiger partial charge is 0.254 e. The number of nitrogens with one attached hydrogen (secondary N) is 1. The highest BCUT2D eigenvalue weighted by molar-refractivity contribution is 5.95. The van der Waals surface area contributed by atoms with Gasteiger partial charge in [0, 0.05) is 48.2 Å². The Morgan fingerprint density at radius 3 is 2.50 bits per heavy atom. The first-order chi connectivity index (χ1) is 17.5. The van der Waals surface area contributed by atoms with Gasteiger partial charge in [0.2, 0.25) is 0 Å². The number of hydrogen-bond acceptors (Lipinski definition) is 3. The van der Waals surface area contributed by atoms with Crippen LogP contribution >= 0.6 is 0 Å². The Hall–Kier alpha value is -3.50. The molecule has 0 aliphatic carbocycles. The van der Waals surface area contributed by atoms with Crippen LogP contribution < -0.4 is 5.32 Å². The van der Waals surface area contributed by atoms with Crippen molar-refractivity contribution in [3.05, 3.63) is 113 Å². The minimum atomic E-state index is 0.126. The summed E-state index contributed by atoms with van der Waals surface area (Å²) in [5.74, 6) is 0.389. The number of fused-ring (bicyclic) bond motifs is 1. The molecule has 3 aromatic carbocycles. The molecule has 1 N–H and O–H groups in total. The monoisotopic (exact) mass is 477 g/mol. The van der Waals surface area contributed by atoms with Crippen LogP contribution in [0.2, 0.25) is 0 Å². The highest BCUT2D eigenvalue weighted by atomic mass is 16.2. The van der Waals surface area contributed by atoms with Gasteiger partial charge in [-0.3, -0.25) is 9.78 Å². The predicted molar refractivity (Wildman–Crippen MR) is 147 cm³/mol. The minimum absolute atomic E-state index is 0.126. The summed E-state index contributed by atoms with van der Waals surface area (Å²) in [5.41, 5.74) is 6.64. The van der Waals surface area contributed by atoms with Crippen LogP contribution in [0.15, 0.2) is 85.1 Å². The molecule has 0 bridgehead atoms. The first kappa shape index (κ1) is 24.2. The normalized spacial score (nSPS) is 18.8. The second-order valence-corrected chi connectivity index (χ2v) is 10.2. The molecule has 3 atom stereocenters. The van der Waals surface area contributed by atoms with E-state index >= 15 is 0 Å². The molecule has 0 spiro atoms. The number of hydrogen-bond donors (Lipinski definition) is 1. The van der Waals surface area contributed by atoms with Crippen molar-refractivity contribution in [1.29, 1.82) is 0 Å². The summed E-state index contributed by atoms with van der Waals surface area (Å²) < 4.78 is 0. The molecule has 184 valence electrons. The SMILES string of the molecule is Cc1cc(C)cc(C(=O)N2CCC(NCc3ccnc4ccccc34)CC2[C@@H](C)c2ccccc2)c1. The number of pyridine rings is 1. The summed E-state index contributed by atoms with van der Waals surface area (Å²) in [6.07, 6.45) is 3.76. The van der Waals surface area contributed by atoms with Crippen molar-refractivity contribution in [2.45, 2.75) is 58.2 Å². The number of benzene rings is 3. The predicted octanol–water partition coefficient (Wildman–Crippen LogP) is 6.42. The third-order valence-corrected chi connectivity index (χ3v) is 7.60. The van der Waals surface area contributed by atoms with Crippen molar-refractivity contribution in [2.75, 3.05) is 6.54 Å². The fourth-order valence-corrected chi connectivity index (χ4v) is 5.72. The van der Waals surface area contributed by atoms with Crippen LogP contribution in [-0.4, -0.2) is 34.4 Å². The molecule has 1 aliphatic heterocycles. The number of amides is 1. The molecule has 36 heavy (non-hydrogen) atoms. The van der Waals surface area contributed by atoms with Gasteiger partial charge < -0.3 is 10.2 Å². The van der Waals surface area contributed by atoms with E-state index in [1.165, 1.54) is 16.5 Å². The lowest BCUT2D eigenvalue weighted by atomic mass is 9.84. The number of aromatic nitrogens is 1. The van der Waals surface area contributed by atoms with E-state index in [9.17, 15) is 4.79 Å². The molecule has 0 saturated carbocycles. The second kappa shape index (κ2) is 10.6. The van der Waals surface area contributed by atoms with Gasteiger partial charge in [0.1, 0.15) is 0 Å². The lowest BCUT2D eigenvalue weighted by Crippen LogP contribution is -2.52. The Bertz CT molecular complexity index is 1320. The van der Waals surface area contributed by atoms with Crippen LogP contribution in [0.5, 0.6) is 0 Å². The van der Waals surface area contributed by atoms with Gasteiger partial charge in [0.25, 0.3) is 5.91 Å². The Labute approximate surface area is 214 Å². The van der Waals surface area contributed by atoms with Crippen molar-refractivity contribution in [3.8, 4) is 0 Å². The van der Waals surface area contributed by atoms with Crippen LogP contribution in [-0.2, 0) is 6.54 Å². The van der Waals surface area contributed by atoms with Gasteiger partial charge in [-0.2, -0.15) is 0 Å². The Morgan fingerprint density at radius 2 is 1.72 bits per heavy atom. The molecule has 5 rings (SSSR count). The maximum absolute atomic E-state index is 13.8. The van der Waals surface area contributed by atoms with E-state index in [1.54, 1.807) is 0 Å². The minimum Gasteiger partial charge on any atom is -0.335 e. The van der Waals surface area contributed by atoms with Crippen molar-refractivity contribution in [3.63, 3.8) is 0 Å². The molecular formula is C32H35N3O. The summed E-state index contributed by atoms with van der Waals surface area (Å²) in [5, 5.41) is 5.02. The van der Waals surface area contributed by atoms with Gasteiger partial charge in [-0.1, -0.05) is 72.6 Å². The summed E-state index contributed by atoms with van der Waals surface area (Å²) in [6, 6.07) is 27.7. The van der Waals surface area contributed by atoms with Gasteiger partial charge >= 0.3 is 0 Å². The van der Waals surface area contributed by atoms with Crippen LogP contribution in [0.1, 0.15) is 58.3 Å². The molecule has 0 radical (unpaired) electrons. The average molecular weight is 478 g/mol. The number of carbonyl (C=O) groups excluding carboxylic acids is 1. The Balaban J connectivity index is 1.38. The summed E-state index contributed by atoms with van der Waals surface area (Å²) >= 11 is 0. The van der Waals surface area contributed by atoms with Crippen LogP contribution in [0.4, 0.5) is 0 Å². The van der Waals surface area contributed by atoms with E-state index in [4.69, 9.17) is 0 Å². The molecule has 4 nitrogen and oxygen atoms in total. The van der Waals surface area contributed by atoms with E-state index in [0.717, 1.165) is 48.1 Å². The van der Waals surface area contributed by atoms with E-state index in [0.29, 0.717) is 6.04 Å². The zero-order valence-electron chi connectivity index (χ0n) is 21.4. The van der Waals surface area contributed by atoms with Gasteiger partial charge in [-0.15, -0.1) is 0 Å². The summed E-state index contributed by atoms with van der Waals surface area (Å²) in [7, 11) is 0. The van der Waals surface area contributed by atoms with Gasteiger partial charge in [-0.25, -0.2) is 0 Å². The van der Waals surface area contributed by atoms with Gasteiger partial charge in [0.15, 0.2) is 0 Å². The van der Waals surface area contributed by atoms with Gasteiger partial charge in [-0.05, 0) is 62.1 Å². The van der Waals surface area contributed by atoms with E-state index in [2.05, 4.69) is 96.6 Å². The highest BCUT2D eigenvalue weighted by Gasteiger charge is 2.36. The van der Waals surface area contributed by atoms with Crippen LogP contribution in [0, 0.1) is 13.8 Å². The van der Waals surface area contributed by atoms with E-state index < -0.39 is 0 Å². The second-order valence-electron chi connectivity index (χ2n) is 10.2. The molecule has 1 saturated heterocycles. The first-order valence-electron chi connectivity index (χ1n) is 13.0. The highest BCUT2D eigenvalue weighted by Crippen LogP contribution is 2.32. The fraction of sp³-hybridized carbons (Fsp3) is 0.312. The third kappa shape index (κ3) is 5.19. The number of para-hydroxylation sites is 1. The molecule has 4 heteroatoms. The standard InChI is InChI=1S/C32H35N3O/c1-22-17-23(2)19-27(18-22)32(36)35-16-14-28(20-31(35)24(3)25-9-5-4-6-10-25)34-21-26-13-15-33-30-12-8-7-11-29(26)30/h4-13,15,17-19,24,28,31,34H,14,16,20-21H2,1-3H3/t24-,28?,31?/m0/s1. The Kier molecular flexibility index (Phi) is 7.15. The first-order valence-corrected chi connectivity index (χ1v) is 13.0. The molecular weight excluding hydrogens is 442 g/mol. The maximum Gasteiger partial charge on any atom is 0.254 e. The van der Waals surface area contributed by atoms with Crippen LogP contribution in [0.25, 0.3) is 10.9 Å². The van der Waals surface area contributed by atoms with Crippen molar-refractivity contribution < 1.29 is 4.79 Å². The fourth-order valence-electron chi connectivity index (χ4n) is 5.72. The lowest BCUT2D eigenvalue weighted by molar-refractivity contribution is 0.0538. The summed E-state index contributed by atoms with van der Waals surface area (Å²) in [4.78, 5) is 20.4. The zero-order chi connectivity index (χ0) is 25.1. The van der Waals surface area contributed by atoms with E-state index in [-0.39, 0.29) is 17.9 Å².